The molecule has 1 aliphatic carbocycles. The van der Waals surface area contributed by atoms with Crippen molar-refractivity contribution in [3.63, 3.8) is 0 Å². The molecular weight excluding hydrogens is 284 g/mol. The van der Waals surface area contributed by atoms with Crippen molar-refractivity contribution in [2.24, 2.45) is 5.73 Å². The lowest BCUT2D eigenvalue weighted by Gasteiger charge is -2.11. The van der Waals surface area contributed by atoms with Gasteiger partial charge in [-0.1, -0.05) is 17.8 Å². The maximum atomic E-state index is 13.2. The molecular formula is C12H13F2N5S. The molecule has 0 spiro atoms. The highest BCUT2D eigenvalue weighted by Crippen LogP contribution is 2.36. The van der Waals surface area contributed by atoms with Gasteiger partial charge in [0.2, 0.25) is 5.16 Å². The van der Waals surface area contributed by atoms with Gasteiger partial charge in [0.25, 0.3) is 0 Å². The number of nitrogens with zero attached hydrogens (tertiary/aromatic N) is 4. The summed E-state index contributed by atoms with van der Waals surface area (Å²) < 4.78 is 27.8. The second kappa shape index (κ2) is 5.45. The first-order chi connectivity index (χ1) is 9.65. The van der Waals surface area contributed by atoms with Crippen LogP contribution in [-0.2, 0) is 0 Å². The van der Waals surface area contributed by atoms with E-state index in [0.29, 0.717) is 22.5 Å². The minimum Gasteiger partial charge on any atom is -0.323 e. The fourth-order valence-electron chi connectivity index (χ4n) is 1.83. The predicted octanol–water partition coefficient (Wildman–Crippen LogP) is 2.08. The first-order valence-electron chi connectivity index (χ1n) is 6.26. The molecule has 8 heteroatoms. The zero-order chi connectivity index (χ0) is 14.1. The molecule has 1 aromatic heterocycles. The highest BCUT2D eigenvalue weighted by Gasteiger charge is 2.28. The summed E-state index contributed by atoms with van der Waals surface area (Å²) in [6.07, 6.45) is 2.18. The van der Waals surface area contributed by atoms with Gasteiger partial charge in [-0.2, -0.15) is 0 Å². The molecule has 2 N–H and O–H groups in total. The van der Waals surface area contributed by atoms with E-state index < -0.39 is 17.7 Å². The Morgan fingerprint density at radius 2 is 2.15 bits per heavy atom. The number of hydrogen-bond donors (Lipinski definition) is 1. The lowest BCUT2D eigenvalue weighted by atomic mass is 10.1. The Bertz CT molecular complexity index is 614. The van der Waals surface area contributed by atoms with Crippen LogP contribution in [0.5, 0.6) is 0 Å². The number of nitrogens with two attached hydrogens (primary N) is 1. The Labute approximate surface area is 118 Å². The Kier molecular flexibility index (Phi) is 3.66. The number of hydrogen-bond acceptors (Lipinski definition) is 5. The minimum atomic E-state index is -0.884. The normalized spacial score (nSPS) is 16.4. The standard InChI is InChI=1S/C12H13F2N5S/c13-9-4-1-7(5-10(9)14)11(15)6-20-12-16-17-18-19(12)8-2-3-8/h1,4-5,8,11H,2-3,6,15H2. The fraction of sp³-hybridized carbons (Fsp3) is 0.417. The molecule has 2 aromatic rings. The van der Waals surface area contributed by atoms with Gasteiger partial charge in [0.1, 0.15) is 0 Å². The van der Waals surface area contributed by atoms with E-state index in [0.717, 1.165) is 25.0 Å². The van der Waals surface area contributed by atoms with Crippen LogP contribution in [0, 0.1) is 11.6 Å². The summed E-state index contributed by atoms with van der Waals surface area (Å²) in [6, 6.07) is 3.70. The first-order valence-corrected chi connectivity index (χ1v) is 7.25. The van der Waals surface area contributed by atoms with Gasteiger partial charge >= 0.3 is 0 Å². The Hall–Kier alpha value is -1.54. The highest BCUT2D eigenvalue weighted by molar-refractivity contribution is 7.99. The maximum Gasteiger partial charge on any atom is 0.209 e. The summed E-state index contributed by atoms with van der Waals surface area (Å²) in [6.45, 7) is 0. The summed E-state index contributed by atoms with van der Waals surface area (Å²) in [5, 5.41) is 12.3. The van der Waals surface area contributed by atoms with Gasteiger partial charge in [-0.3, -0.25) is 0 Å². The molecule has 20 heavy (non-hydrogen) atoms. The van der Waals surface area contributed by atoms with Crippen molar-refractivity contribution in [3.05, 3.63) is 35.4 Å². The van der Waals surface area contributed by atoms with Crippen LogP contribution in [0.3, 0.4) is 0 Å². The smallest absolute Gasteiger partial charge is 0.209 e. The van der Waals surface area contributed by atoms with Crippen LogP contribution in [-0.4, -0.2) is 26.0 Å². The zero-order valence-corrected chi connectivity index (χ0v) is 11.4. The van der Waals surface area contributed by atoms with Crippen LogP contribution in [0.15, 0.2) is 23.4 Å². The molecule has 0 bridgehead atoms. The number of tetrazole rings is 1. The second-order valence-electron chi connectivity index (χ2n) is 4.73. The maximum absolute atomic E-state index is 13.2. The van der Waals surface area contributed by atoms with E-state index in [4.69, 9.17) is 5.73 Å². The predicted molar refractivity (Wildman–Crippen MR) is 70.1 cm³/mol. The summed E-state index contributed by atoms with van der Waals surface area (Å²) in [5.74, 6) is -1.25. The minimum absolute atomic E-state index is 0.395. The molecule has 1 saturated carbocycles. The highest BCUT2D eigenvalue weighted by atomic mass is 32.2. The number of halogens is 2. The van der Waals surface area contributed by atoms with Gasteiger partial charge in [-0.15, -0.1) is 5.10 Å². The first kappa shape index (κ1) is 13.4. The van der Waals surface area contributed by atoms with E-state index in [9.17, 15) is 8.78 Å². The van der Waals surface area contributed by atoms with E-state index >= 15 is 0 Å². The zero-order valence-electron chi connectivity index (χ0n) is 10.5. The molecule has 1 aromatic carbocycles. The quantitative estimate of drug-likeness (QED) is 0.856. The van der Waals surface area contributed by atoms with Gasteiger partial charge in [0, 0.05) is 11.8 Å². The molecule has 106 valence electrons. The van der Waals surface area contributed by atoms with Gasteiger partial charge in [-0.05, 0) is 41.0 Å². The third kappa shape index (κ3) is 2.80. The lowest BCUT2D eigenvalue weighted by molar-refractivity contribution is 0.506. The van der Waals surface area contributed by atoms with Crippen LogP contribution < -0.4 is 5.73 Å². The SMILES string of the molecule is NC(CSc1nnnn1C1CC1)c1ccc(F)c(F)c1. The molecule has 1 unspecified atom stereocenters. The molecule has 1 heterocycles. The van der Waals surface area contributed by atoms with Gasteiger partial charge in [-0.25, -0.2) is 13.5 Å². The Morgan fingerprint density at radius 3 is 2.85 bits per heavy atom. The van der Waals surface area contributed by atoms with Crippen LogP contribution in [0.25, 0.3) is 0 Å². The Morgan fingerprint density at radius 1 is 1.35 bits per heavy atom. The molecule has 3 rings (SSSR count). The fourth-order valence-corrected chi connectivity index (χ4v) is 2.77. The number of rotatable bonds is 5. The average Bonchev–Trinajstić information content (AvgIpc) is 3.18. The molecule has 5 nitrogen and oxygen atoms in total. The van der Waals surface area contributed by atoms with Crippen molar-refractivity contribution >= 4 is 11.8 Å². The third-order valence-electron chi connectivity index (χ3n) is 3.12. The second-order valence-corrected chi connectivity index (χ2v) is 5.72. The van der Waals surface area contributed by atoms with Crippen molar-refractivity contribution in [2.75, 3.05) is 5.75 Å². The van der Waals surface area contributed by atoms with Gasteiger partial charge in [0.05, 0.1) is 6.04 Å². The molecule has 0 aliphatic heterocycles. The third-order valence-corrected chi connectivity index (χ3v) is 4.17. The van der Waals surface area contributed by atoms with E-state index in [-0.39, 0.29) is 0 Å². The van der Waals surface area contributed by atoms with Crippen molar-refractivity contribution in [1.82, 2.24) is 20.2 Å². The molecule has 0 radical (unpaired) electrons. The van der Waals surface area contributed by atoms with E-state index in [2.05, 4.69) is 15.5 Å². The van der Waals surface area contributed by atoms with Crippen molar-refractivity contribution in [2.45, 2.75) is 30.1 Å². The molecule has 1 fully saturated rings. The van der Waals surface area contributed by atoms with Crippen LogP contribution in [0.2, 0.25) is 0 Å². The number of thioether (sulfide) groups is 1. The number of benzene rings is 1. The average molecular weight is 297 g/mol. The van der Waals surface area contributed by atoms with Crippen LogP contribution >= 0.6 is 11.8 Å². The largest absolute Gasteiger partial charge is 0.323 e. The summed E-state index contributed by atoms with van der Waals surface area (Å²) in [5.41, 5.74) is 6.54. The van der Waals surface area contributed by atoms with E-state index in [1.165, 1.54) is 17.8 Å². The molecule has 1 atom stereocenters. The van der Waals surface area contributed by atoms with Gasteiger partial charge in [0.15, 0.2) is 11.6 Å². The van der Waals surface area contributed by atoms with Crippen LogP contribution in [0.4, 0.5) is 8.78 Å². The topological polar surface area (TPSA) is 69.6 Å². The summed E-state index contributed by atoms with van der Waals surface area (Å²) in [7, 11) is 0. The van der Waals surface area contributed by atoms with E-state index in [1.54, 1.807) is 4.68 Å². The summed E-state index contributed by atoms with van der Waals surface area (Å²) in [4.78, 5) is 0. The number of aromatic nitrogens is 4. The Balaban J connectivity index is 1.65. The molecule has 1 aliphatic rings. The molecule has 0 amide bonds. The molecule has 0 saturated heterocycles. The van der Waals surface area contributed by atoms with Crippen molar-refractivity contribution in [1.29, 1.82) is 0 Å². The summed E-state index contributed by atoms with van der Waals surface area (Å²) >= 11 is 1.42. The van der Waals surface area contributed by atoms with Crippen molar-refractivity contribution in [3.8, 4) is 0 Å². The van der Waals surface area contributed by atoms with E-state index in [1.807, 2.05) is 0 Å². The lowest BCUT2D eigenvalue weighted by Crippen LogP contribution is -2.14. The van der Waals surface area contributed by atoms with Gasteiger partial charge < -0.3 is 5.73 Å². The van der Waals surface area contributed by atoms with Crippen LogP contribution in [0.1, 0.15) is 30.5 Å². The van der Waals surface area contributed by atoms with Crippen molar-refractivity contribution < 1.29 is 8.78 Å². The monoisotopic (exact) mass is 297 g/mol.